The Kier molecular flexibility index (Phi) is 3.91. The van der Waals surface area contributed by atoms with Crippen molar-refractivity contribution in [3.8, 4) is 0 Å². The summed E-state index contributed by atoms with van der Waals surface area (Å²) < 4.78 is 5.51. The summed E-state index contributed by atoms with van der Waals surface area (Å²) in [7, 11) is 0. The summed E-state index contributed by atoms with van der Waals surface area (Å²) in [5.74, 6) is 0.938. The van der Waals surface area contributed by atoms with Crippen LogP contribution in [0.2, 0.25) is 5.02 Å². The minimum absolute atomic E-state index is 0.0774. The Bertz CT molecular complexity index is 726. The van der Waals surface area contributed by atoms with Crippen molar-refractivity contribution in [1.82, 2.24) is 15.1 Å². The summed E-state index contributed by atoms with van der Waals surface area (Å²) >= 11 is 6.27. The van der Waals surface area contributed by atoms with Gasteiger partial charge in [-0.1, -0.05) is 11.6 Å². The quantitative estimate of drug-likeness (QED) is 0.848. The Morgan fingerprint density at radius 3 is 2.68 bits per heavy atom. The number of nitrogens with zero attached hydrogens (tertiary/aromatic N) is 3. The van der Waals surface area contributed by atoms with Crippen LogP contribution >= 0.6 is 11.6 Å². The molecule has 1 aliphatic rings. The van der Waals surface area contributed by atoms with Crippen molar-refractivity contribution >= 4 is 17.5 Å². The van der Waals surface area contributed by atoms with E-state index >= 15 is 0 Å². The van der Waals surface area contributed by atoms with E-state index in [1.165, 1.54) is 0 Å². The molecule has 1 fully saturated rings. The van der Waals surface area contributed by atoms with E-state index in [-0.39, 0.29) is 11.9 Å². The fourth-order valence-corrected chi connectivity index (χ4v) is 3.11. The molecule has 2 aromatic rings. The number of benzene rings is 1. The molecule has 0 bridgehead atoms. The molecular formula is C16H18ClN3O2. The van der Waals surface area contributed by atoms with Crippen LogP contribution < -0.4 is 0 Å². The zero-order chi connectivity index (χ0) is 15.9. The average Bonchev–Trinajstić information content (AvgIpc) is 3.10. The molecule has 0 N–H and O–H groups in total. The molecule has 5 nitrogen and oxygen atoms in total. The summed E-state index contributed by atoms with van der Waals surface area (Å²) in [6.45, 7) is 6.38. The lowest BCUT2D eigenvalue weighted by atomic mass is 10.0. The van der Waals surface area contributed by atoms with Gasteiger partial charge in [0.05, 0.1) is 10.6 Å². The highest BCUT2D eigenvalue weighted by Crippen LogP contribution is 2.34. The molecule has 1 unspecified atom stereocenters. The van der Waals surface area contributed by atoms with Gasteiger partial charge in [-0.15, -0.1) is 10.2 Å². The van der Waals surface area contributed by atoms with Crippen LogP contribution in [0, 0.1) is 20.8 Å². The molecule has 0 saturated carbocycles. The van der Waals surface area contributed by atoms with Crippen LogP contribution in [0.15, 0.2) is 16.5 Å². The Morgan fingerprint density at radius 2 is 2.00 bits per heavy atom. The van der Waals surface area contributed by atoms with Crippen LogP contribution in [0.4, 0.5) is 0 Å². The highest BCUT2D eigenvalue weighted by atomic mass is 35.5. The van der Waals surface area contributed by atoms with Gasteiger partial charge < -0.3 is 9.32 Å². The Hall–Kier alpha value is -1.88. The van der Waals surface area contributed by atoms with Crippen LogP contribution in [-0.2, 0) is 0 Å². The molecule has 1 amide bonds. The monoisotopic (exact) mass is 319 g/mol. The average molecular weight is 320 g/mol. The van der Waals surface area contributed by atoms with Crippen molar-refractivity contribution in [1.29, 1.82) is 0 Å². The molecule has 1 aliphatic heterocycles. The number of hydrogen-bond donors (Lipinski definition) is 0. The van der Waals surface area contributed by atoms with E-state index in [0.29, 0.717) is 28.9 Å². The van der Waals surface area contributed by atoms with Gasteiger partial charge in [0.1, 0.15) is 6.04 Å². The zero-order valence-electron chi connectivity index (χ0n) is 12.9. The Balaban J connectivity index is 1.92. The van der Waals surface area contributed by atoms with Gasteiger partial charge in [0.15, 0.2) is 0 Å². The predicted molar refractivity (Wildman–Crippen MR) is 83.0 cm³/mol. The standard InChI is InChI=1S/C16H18ClN3O2/c1-9-7-12(13(17)8-10(9)2)16(21)20-6-4-5-14(20)15-19-18-11(3)22-15/h7-8,14H,4-6H2,1-3H3. The van der Waals surface area contributed by atoms with Crippen LogP contribution in [0.25, 0.3) is 0 Å². The molecule has 0 radical (unpaired) electrons. The first kappa shape index (κ1) is 15.0. The normalized spacial score (nSPS) is 18.0. The first-order valence-electron chi connectivity index (χ1n) is 7.35. The first-order valence-corrected chi connectivity index (χ1v) is 7.73. The number of carbonyl (C=O) groups excluding carboxylic acids is 1. The molecule has 0 spiro atoms. The highest BCUT2D eigenvalue weighted by Gasteiger charge is 2.34. The third-order valence-electron chi connectivity index (χ3n) is 4.15. The lowest BCUT2D eigenvalue weighted by molar-refractivity contribution is 0.0715. The van der Waals surface area contributed by atoms with E-state index in [4.69, 9.17) is 16.0 Å². The van der Waals surface area contributed by atoms with Crippen molar-refractivity contribution in [3.63, 3.8) is 0 Å². The number of halogens is 1. The molecule has 22 heavy (non-hydrogen) atoms. The highest BCUT2D eigenvalue weighted by molar-refractivity contribution is 6.34. The van der Waals surface area contributed by atoms with E-state index in [2.05, 4.69) is 10.2 Å². The van der Waals surface area contributed by atoms with E-state index < -0.39 is 0 Å². The summed E-state index contributed by atoms with van der Waals surface area (Å²) in [6.07, 6.45) is 1.75. The van der Waals surface area contributed by atoms with E-state index in [1.807, 2.05) is 26.0 Å². The molecule has 0 aliphatic carbocycles. The van der Waals surface area contributed by atoms with E-state index in [0.717, 1.165) is 24.0 Å². The molecule has 1 aromatic heterocycles. The number of aromatic nitrogens is 2. The van der Waals surface area contributed by atoms with Crippen LogP contribution in [0.3, 0.4) is 0 Å². The predicted octanol–water partition coefficient (Wildman–Crippen LogP) is 3.63. The third kappa shape index (κ3) is 2.61. The van der Waals surface area contributed by atoms with E-state index in [1.54, 1.807) is 11.8 Å². The minimum atomic E-state index is -0.161. The van der Waals surface area contributed by atoms with Crippen molar-refractivity contribution < 1.29 is 9.21 Å². The molecule has 2 heterocycles. The van der Waals surface area contributed by atoms with Crippen molar-refractivity contribution in [2.45, 2.75) is 39.7 Å². The molecule has 116 valence electrons. The van der Waals surface area contributed by atoms with Gasteiger partial charge in [-0.05, 0) is 49.9 Å². The molecule has 3 rings (SSSR count). The van der Waals surface area contributed by atoms with Gasteiger partial charge in [0.25, 0.3) is 5.91 Å². The number of amides is 1. The molecular weight excluding hydrogens is 302 g/mol. The van der Waals surface area contributed by atoms with Crippen molar-refractivity contribution in [2.75, 3.05) is 6.54 Å². The maximum atomic E-state index is 12.9. The maximum absolute atomic E-state index is 12.9. The molecule has 1 atom stereocenters. The second-order valence-electron chi connectivity index (χ2n) is 5.73. The van der Waals surface area contributed by atoms with Gasteiger partial charge in [-0.25, -0.2) is 0 Å². The molecule has 1 saturated heterocycles. The summed E-state index contributed by atoms with van der Waals surface area (Å²) in [6, 6.07) is 3.53. The fraction of sp³-hybridized carbons (Fsp3) is 0.438. The minimum Gasteiger partial charge on any atom is -0.423 e. The molecule has 6 heteroatoms. The topological polar surface area (TPSA) is 59.2 Å². The van der Waals surface area contributed by atoms with Gasteiger partial charge in [-0.2, -0.15) is 0 Å². The fourth-order valence-electron chi connectivity index (χ4n) is 2.81. The van der Waals surface area contributed by atoms with Crippen LogP contribution in [0.1, 0.15) is 52.1 Å². The summed E-state index contributed by atoms with van der Waals surface area (Å²) in [5.41, 5.74) is 2.66. The Labute approximate surface area is 134 Å². The van der Waals surface area contributed by atoms with Gasteiger partial charge in [0.2, 0.25) is 11.8 Å². The summed E-state index contributed by atoms with van der Waals surface area (Å²) in [4.78, 5) is 14.7. The first-order chi connectivity index (χ1) is 10.5. The number of aryl methyl sites for hydroxylation is 3. The largest absolute Gasteiger partial charge is 0.423 e. The number of likely N-dealkylation sites (tertiary alicyclic amines) is 1. The second-order valence-corrected chi connectivity index (χ2v) is 6.14. The van der Waals surface area contributed by atoms with Gasteiger partial charge in [0, 0.05) is 13.5 Å². The number of rotatable bonds is 2. The van der Waals surface area contributed by atoms with Crippen molar-refractivity contribution in [2.24, 2.45) is 0 Å². The maximum Gasteiger partial charge on any atom is 0.256 e. The van der Waals surface area contributed by atoms with Crippen LogP contribution in [-0.4, -0.2) is 27.5 Å². The van der Waals surface area contributed by atoms with Crippen molar-refractivity contribution in [3.05, 3.63) is 45.6 Å². The SMILES string of the molecule is Cc1nnc(C2CCCN2C(=O)c2cc(C)c(C)cc2Cl)o1. The Morgan fingerprint density at radius 1 is 1.27 bits per heavy atom. The number of carbonyl (C=O) groups is 1. The number of hydrogen-bond acceptors (Lipinski definition) is 4. The zero-order valence-corrected chi connectivity index (χ0v) is 13.6. The van der Waals surface area contributed by atoms with Gasteiger partial charge >= 0.3 is 0 Å². The molecule has 1 aromatic carbocycles. The van der Waals surface area contributed by atoms with E-state index in [9.17, 15) is 4.79 Å². The lowest BCUT2D eigenvalue weighted by Gasteiger charge is -2.23. The van der Waals surface area contributed by atoms with Gasteiger partial charge in [-0.3, -0.25) is 4.79 Å². The summed E-state index contributed by atoms with van der Waals surface area (Å²) in [5, 5.41) is 8.41. The lowest BCUT2D eigenvalue weighted by Crippen LogP contribution is -2.31. The smallest absolute Gasteiger partial charge is 0.256 e. The third-order valence-corrected chi connectivity index (χ3v) is 4.47. The second kappa shape index (κ2) is 5.72. The van der Waals surface area contributed by atoms with Crippen LogP contribution in [0.5, 0.6) is 0 Å².